The van der Waals surface area contributed by atoms with Crippen molar-refractivity contribution in [1.29, 1.82) is 0 Å². The molecule has 2 fully saturated rings. The molecule has 0 aromatic heterocycles. The van der Waals surface area contributed by atoms with Crippen LogP contribution in [0.5, 0.6) is 0 Å². The second kappa shape index (κ2) is 8.07. The second-order valence-corrected chi connectivity index (χ2v) is 9.20. The Hall–Kier alpha value is -1.15. The molecular weight excluding hydrogens is 362 g/mol. The van der Waals surface area contributed by atoms with Crippen molar-refractivity contribution in [3.05, 3.63) is 46.5 Å². The van der Waals surface area contributed by atoms with E-state index in [-0.39, 0.29) is 0 Å². The summed E-state index contributed by atoms with van der Waals surface area (Å²) in [5, 5.41) is 0.628. The van der Waals surface area contributed by atoms with E-state index in [0.717, 1.165) is 17.8 Å². The van der Waals surface area contributed by atoms with Crippen molar-refractivity contribution in [1.82, 2.24) is 0 Å². The Morgan fingerprint density at radius 2 is 1.78 bits per heavy atom. The molecule has 0 N–H and O–H groups in total. The minimum atomic E-state index is -0.673. The Bertz CT molecular complexity index is 816. The molecule has 2 aromatic rings. The Balaban J connectivity index is 1.49. The van der Waals surface area contributed by atoms with E-state index in [1.165, 1.54) is 69.4 Å². The maximum Gasteiger partial charge on any atom is 0.152 e. The molecule has 27 heavy (non-hydrogen) atoms. The minimum Gasteiger partial charge on any atom is -0.205 e. The van der Waals surface area contributed by atoms with Crippen LogP contribution in [0.2, 0.25) is 5.02 Å². The van der Waals surface area contributed by atoms with Crippen molar-refractivity contribution in [3.8, 4) is 0 Å². The lowest BCUT2D eigenvalue weighted by atomic mass is 9.63. The van der Waals surface area contributed by atoms with Gasteiger partial charge in [0.1, 0.15) is 10.8 Å². The fourth-order valence-corrected chi connectivity index (χ4v) is 5.78. The molecule has 2 aliphatic rings. The third kappa shape index (κ3) is 3.88. The summed E-state index contributed by atoms with van der Waals surface area (Å²) < 4.78 is 28.1. The molecule has 3 heteroatoms. The van der Waals surface area contributed by atoms with Crippen LogP contribution in [0, 0.1) is 29.4 Å². The average molecular weight is 391 g/mol. The molecule has 2 aliphatic carbocycles. The molecule has 0 heterocycles. The van der Waals surface area contributed by atoms with Gasteiger partial charge in [-0.1, -0.05) is 62.4 Å². The van der Waals surface area contributed by atoms with Crippen LogP contribution in [0.15, 0.2) is 24.3 Å². The third-order valence-corrected chi connectivity index (χ3v) is 7.50. The van der Waals surface area contributed by atoms with Crippen LogP contribution in [-0.2, 0) is 0 Å². The van der Waals surface area contributed by atoms with Gasteiger partial charge in [-0.05, 0) is 72.8 Å². The van der Waals surface area contributed by atoms with Crippen molar-refractivity contribution in [3.63, 3.8) is 0 Å². The first-order chi connectivity index (χ1) is 13.1. The van der Waals surface area contributed by atoms with E-state index in [2.05, 4.69) is 6.92 Å². The summed E-state index contributed by atoms with van der Waals surface area (Å²) in [5.74, 6) is 1.87. The summed E-state index contributed by atoms with van der Waals surface area (Å²) in [6.45, 7) is 2.28. The number of halogens is 3. The van der Waals surface area contributed by atoms with Gasteiger partial charge in [-0.25, -0.2) is 8.78 Å². The van der Waals surface area contributed by atoms with E-state index in [0.29, 0.717) is 16.7 Å². The molecule has 2 aromatic carbocycles. The highest BCUT2D eigenvalue weighted by atomic mass is 35.5. The molecule has 0 aliphatic heterocycles. The minimum absolute atomic E-state index is 0.407. The fraction of sp³-hybridized carbons (Fsp3) is 0.583. The number of unbranched alkanes of at least 4 members (excludes halogenated alkanes) is 1. The number of benzene rings is 2. The zero-order valence-corrected chi connectivity index (χ0v) is 16.9. The Morgan fingerprint density at radius 3 is 2.59 bits per heavy atom. The predicted molar refractivity (Wildman–Crippen MR) is 109 cm³/mol. The molecule has 4 rings (SSSR count). The molecule has 0 bridgehead atoms. The van der Waals surface area contributed by atoms with Crippen molar-refractivity contribution in [2.45, 2.75) is 70.6 Å². The summed E-state index contributed by atoms with van der Waals surface area (Å²) in [5.41, 5.74) is 1.23. The van der Waals surface area contributed by atoms with Crippen LogP contribution in [0.3, 0.4) is 0 Å². The molecule has 0 radical (unpaired) electrons. The van der Waals surface area contributed by atoms with Gasteiger partial charge in [-0.3, -0.25) is 0 Å². The zero-order chi connectivity index (χ0) is 19.0. The topological polar surface area (TPSA) is 0 Å². The van der Waals surface area contributed by atoms with Crippen molar-refractivity contribution < 1.29 is 8.78 Å². The Labute approximate surface area is 166 Å². The lowest BCUT2D eigenvalue weighted by Crippen LogP contribution is -2.30. The first kappa shape index (κ1) is 19.2. The summed E-state index contributed by atoms with van der Waals surface area (Å²) in [6, 6.07) is 7.15. The van der Waals surface area contributed by atoms with Crippen LogP contribution in [-0.4, -0.2) is 0 Å². The van der Waals surface area contributed by atoms with E-state index < -0.39 is 16.7 Å². The zero-order valence-electron chi connectivity index (χ0n) is 16.1. The van der Waals surface area contributed by atoms with Gasteiger partial charge in [0.05, 0.1) is 0 Å². The SMILES string of the molecule is CCCCC1CCC2CC(c3ccc4c(F)c(Cl)c(F)cc4c3)CCC2C1. The highest BCUT2D eigenvalue weighted by Crippen LogP contribution is 2.48. The fourth-order valence-electron chi connectivity index (χ4n) is 5.62. The highest BCUT2D eigenvalue weighted by molar-refractivity contribution is 6.31. The van der Waals surface area contributed by atoms with Crippen LogP contribution in [0.1, 0.15) is 76.2 Å². The number of fused-ring (bicyclic) bond motifs is 2. The summed E-state index contributed by atoms with van der Waals surface area (Å²) in [4.78, 5) is 0. The summed E-state index contributed by atoms with van der Waals surface area (Å²) in [7, 11) is 0. The molecule has 4 atom stereocenters. The molecule has 4 unspecified atom stereocenters. The van der Waals surface area contributed by atoms with E-state index >= 15 is 0 Å². The van der Waals surface area contributed by atoms with E-state index in [9.17, 15) is 8.78 Å². The van der Waals surface area contributed by atoms with Gasteiger partial charge >= 0.3 is 0 Å². The average Bonchev–Trinajstić information content (AvgIpc) is 2.69. The third-order valence-electron chi connectivity index (χ3n) is 7.16. The van der Waals surface area contributed by atoms with E-state index in [1.54, 1.807) is 6.07 Å². The number of rotatable bonds is 4. The first-order valence-electron chi connectivity index (χ1n) is 10.6. The maximum absolute atomic E-state index is 14.2. The molecule has 2 saturated carbocycles. The molecule has 0 spiro atoms. The van der Waals surface area contributed by atoms with Gasteiger partial charge in [-0.2, -0.15) is 0 Å². The molecule has 0 saturated heterocycles. The van der Waals surface area contributed by atoms with Gasteiger partial charge in [0.2, 0.25) is 0 Å². The largest absolute Gasteiger partial charge is 0.205 e. The van der Waals surface area contributed by atoms with E-state index in [1.807, 2.05) is 12.1 Å². The van der Waals surface area contributed by atoms with Crippen LogP contribution in [0.4, 0.5) is 8.78 Å². The van der Waals surface area contributed by atoms with Crippen molar-refractivity contribution in [2.24, 2.45) is 17.8 Å². The van der Waals surface area contributed by atoms with Crippen molar-refractivity contribution in [2.75, 3.05) is 0 Å². The number of hydrogen-bond donors (Lipinski definition) is 0. The lowest BCUT2D eigenvalue weighted by molar-refractivity contribution is 0.113. The summed E-state index contributed by atoms with van der Waals surface area (Å²) >= 11 is 5.71. The Kier molecular flexibility index (Phi) is 5.73. The molecule has 0 nitrogen and oxygen atoms in total. The first-order valence-corrected chi connectivity index (χ1v) is 11.0. The Morgan fingerprint density at radius 1 is 1.00 bits per heavy atom. The maximum atomic E-state index is 14.2. The lowest BCUT2D eigenvalue weighted by Gasteiger charge is -2.42. The van der Waals surface area contributed by atoms with E-state index in [4.69, 9.17) is 11.6 Å². The quantitative estimate of drug-likeness (QED) is 0.461. The molecular formula is C24H29ClF2. The standard InChI is InChI=1S/C24H29ClF2/c1-2-3-4-15-5-6-17-12-18(8-7-16(17)11-15)19-9-10-21-20(13-19)14-22(26)23(25)24(21)27/h9-10,13-18H,2-8,11-12H2,1H3. The van der Waals surface area contributed by atoms with Gasteiger partial charge in [0.25, 0.3) is 0 Å². The highest BCUT2D eigenvalue weighted by Gasteiger charge is 2.35. The van der Waals surface area contributed by atoms with Gasteiger partial charge in [0.15, 0.2) is 5.82 Å². The van der Waals surface area contributed by atoms with Gasteiger partial charge in [0, 0.05) is 5.39 Å². The predicted octanol–water partition coefficient (Wildman–Crippen LogP) is 8.26. The molecule has 0 amide bonds. The van der Waals surface area contributed by atoms with Crippen molar-refractivity contribution >= 4 is 22.4 Å². The molecule has 146 valence electrons. The van der Waals surface area contributed by atoms with Gasteiger partial charge in [-0.15, -0.1) is 0 Å². The van der Waals surface area contributed by atoms with Gasteiger partial charge < -0.3 is 0 Å². The summed E-state index contributed by atoms with van der Waals surface area (Å²) in [6.07, 6.45) is 12.0. The van der Waals surface area contributed by atoms with Crippen LogP contribution < -0.4 is 0 Å². The monoisotopic (exact) mass is 390 g/mol. The smallest absolute Gasteiger partial charge is 0.152 e. The second-order valence-electron chi connectivity index (χ2n) is 8.82. The van der Waals surface area contributed by atoms with Crippen LogP contribution in [0.25, 0.3) is 10.8 Å². The number of hydrogen-bond acceptors (Lipinski definition) is 0. The van der Waals surface area contributed by atoms with Crippen LogP contribution >= 0.6 is 11.6 Å². The normalized spacial score (nSPS) is 28.3.